The maximum absolute atomic E-state index is 14.1. The summed E-state index contributed by atoms with van der Waals surface area (Å²) in [7, 11) is 0. The van der Waals surface area contributed by atoms with Gasteiger partial charge in [0.1, 0.15) is 18.2 Å². The highest BCUT2D eigenvalue weighted by molar-refractivity contribution is 6.00. The summed E-state index contributed by atoms with van der Waals surface area (Å²) in [5, 5.41) is 7.72. The molecule has 0 aromatic heterocycles. The Kier molecular flexibility index (Phi) is 10.3. The minimum Gasteiger partial charge on any atom is -0.444 e. The topological polar surface area (TPSA) is 87.7 Å². The van der Waals surface area contributed by atoms with Crippen molar-refractivity contribution in [1.29, 1.82) is 0 Å². The van der Waals surface area contributed by atoms with E-state index in [9.17, 15) is 14.4 Å². The Morgan fingerprint density at radius 1 is 0.875 bits per heavy atom. The molecule has 2 unspecified atom stereocenters. The summed E-state index contributed by atoms with van der Waals surface area (Å²) in [6.07, 6.45) is 0.918. The van der Waals surface area contributed by atoms with E-state index in [1.807, 2.05) is 80.6 Å². The van der Waals surface area contributed by atoms with Gasteiger partial charge in [0.15, 0.2) is 0 Å². The van der Waals surface area contributed by atoms with Gasteiger partial charge < -0.3 is 20.3 Å². The normalized spacial score (nSPS) is 13.0. The van der Waals surface area contributed by atoms with Gasteiger partial charge in [-0.1, -0.05) is 74.0 Å². The minimum absolute atomic E-state index is 0.261. The monoisotopic (exact) mass is 545 g/mol. The summed E-state index contributed by atoms with van der Waals surface area (Å²) in [4.78, 5) is 41.8. The second kappa shape index (κ2) is 13.5. The van der Waals surface area contributed by atoms with Crippen LogP contribution in [0.2, 0.25) is 0 Å². The van der Waals surface area contributed by atoms with Crippen molar-refractivity contribution in [3.05, 3.63) is 77.9 Å². The van der Waals surface area contributed by atoms with E-state index in [0.717, 1.165) is 22.8 Å². The van der Waals surface area contributed by atoms with Crippen molar-refractivity contribution >= 4 is 34.4 Å². The van der Waals surface area contributed by atoms with E-state index in [-0.39, 0.29) is 24.4 Å². The van der Waals surface area contributed by atoms with Gasteiger partial charge in [-0.3, -0.25) is 9.59 Å². The Labute approximate surface area is 238 Å². The van der Waals surface area contributed by atoms with E-state index in [4.69, 9.17) is 4.74 Å². The molecule has 214 valence electrons. The molecule has 7 heteroatoms. The predicted octanol–water partition coefficient (Wildman–Crippen LogP) is 7.01. The summed E-state index contributed by atoms with van der Waals surface area (Å²) in [6, 6.07) is 20.2. The summed E-state index contributed by atoms with van der Waals surface area (Å²) >= 11 is 0. The molecule has 3 aromatic rings. The quantitative estimate of drug-likeness (QED) is 0.287. The molecule has 0 radical (unpaired) electrons. The van der Waals surface area contributed by atoms with Crippen LogP contribution in [0.1, 0.15) is 71.6 Å². The number of carbonyl (C=O) groups is 3. The lowest BCUT2D eigenvalue weighted by Crippen LogP contribution is -2.50. The largest absolute Gasteiger partial charge is 0.444 e. The molecule has 0 saturated heterocycles. The Morgan fingerprint density at radius 3 is 2.23 bits per heavy atom. The van der Waals surface area contributed by atoms with E-state index < -0.39 is 17.7 Å². The number of hydrogen-bond acceptors (Lipinski definition) is 4. The molecule has 7 nitrogen and oxygen atoms in total. The van der Waals surface area contributed by atoms with Crippen molar-refractivity contribution in [2.75, 3.05) is 11.9 Å². The number of aryl methyl sites for hydroxylation is 1. The Morgan fingerprint density at radius 2 is 1.57 bits per heavy atom. The summed E-state index contributed by atoms with van der Waals surface area (Å²) in [5.41, 5.74) is 1.65. The van der Waals surface area contributed by atoms with Crippen LogP contribution in [0.15, 0.2) is 66.7 Å². The molecule has 0 aliphatic rings. The lowest BCUT2D eigenvalue weighted by Gasteiger charge is -2.37. The summed E-state index contributed by atoms with van der Waals surface area (Å²) < 4.78 is 5.33. The fourth-order valence-corrected chi connectivity index (χ4v) is 4.67. The molecule has 2 N–H and O–H groups in total. The SMILES string of the molecule is Cc1cccc(C(C(=O)Nc2ccc3ccccc3c2)N(C(=O)CNC(=O)OC(C)(C)C)C(C)CCC(C)C)c1. The lowest BCUT2D eigenvalue weighted by atomic mass is 9.97. The molecule has 3 amide bonds. The number of carbonyl (C=O) groups excluding carboxylic acids is 3. The van der Waals surface area contributed by atoms with Crippen LogP contribution in [0, 0.1) is 12.8 Å². The molecule has 40 heavy (non-hydrogen) atoms. The zero-order valence-electron chi connectivity index (χ0n) is 24.8. The van der Waals surface area contributed by atoms with Gasteiger partial charge in [0, 0.05) is 11.7 Å². The van der Waals surface area contributed by atoms with Crippen LogP contribution in [-0.2, 0) is 14.3 Å². The average molecular weight is 546 g/mol. The number of anilines is 1. The van der Waals surface area contributed by atoms with Crippen LogP contribution in [0.3, 0.4) is 0 Å². The van der Waals surface area contributed by atoms with Gasteiger partial charge in [-0.2, -0.15) is 0 Å². The van der Waals surface area contributed by atoms with Crippen LogP contribution in [0.5, 0.6) is 0 Å². The van der Waals surface area contributed by atoms with Crippen molar-refractivity contribution < 1.29 is 19.1 Å². The van der Waals surface area contributed by atoms with Gasteiger partial charge in [0.2, 0.25) is 5.91 Å². The molecule has 0 aliphatic heterocycles. The maximum atomic E-state index is 14.1. The van der Waals surface area contributed by atoms with Crippen molar-refractivity contribution in [3.8, 4) is 0 Å². The molecular weight excluding hydrogens is 502 g/mol. The highest BCUT2D eigenvalue weighted by Gasteiger charge is 2.35. The highest BCUT2D eigenvalue weighted by Crippen LogP contribution is 2.29. The fourth-order valence-electron chi connectivity index (χ4n) is 4.67. The van der Waals surface area contributed by atoms with Gasteiger partial charge in [0.25, 0.3) is 5.91 Å². The number of nitrogens with zero attached hydrogens (tertiary/aromatic N) is 1. The van der Waals surface area contributed by atoms with Crippen molar-refractivity contribution in [2.24, 2.45) is 5.92 Å². The van der Waals surface area contributed by atoms with Gasteiger partial charge in [-0.15, -0.1) is 0 Å². The van der Waals surface area contributed by atoms with E-state index in [2.05, 4.69) is 24.5 Å². The van der Waals surface area contributed by atoms with Crippen molar-refractivity contribution in [2.45, 2.75) is 79.0 Å². The van der Waals surface area contributed by atoms with Gasteiger partial charge in [0.05, 0.1) is 0 Å². The van der Waals surface area contributed by atoms with Gasteiger partial charge >= 0.3 is 6.09 Å². The third-order valence-corrected chi connectivity index (χ3v) is 6.61. The Hall–Kier alpha value is -3.87. The van der Waals surface area contributed by atoms with Crippen LogP contribution in [0.25, 0.3) is 10.8 Å². The molecular formula is C33H43N3O4. The molecule has 0 saturated carbocycles. The first kappa shape index (κ1) is 30.7. The zero-order valence-corrected chi connectivity index (χ0v) is 24.8. The van der Waals surface area contributed by atoms with E-state index in [1.54, 1.807) is 25.7 Å². The van der Waals surface area contributed by atoms with E-state index in [0.29, 0.717) is 23.6 Å². The summed E-state index contributed by atoms with van der Waals surface area (Å²) in [6.45, 7) is 13.2. The third kappa shape index (κ3) is 8.83. The van der Waals surface area contributed by atoms with E-state index in [1.165, 1.54) is 0 Å². The van der Waals surface area contributed by atoms with Crippen molar-refractivity contribution in [3.63, 3.8) is 0 Å². The molecule has 3 rings (SSSR count). The predicted molar refractivity (Wildman–Crippen MR) is 161 cm³/mol. The average Bonchev–Trinajstić information content (AvgIpc) is 2.87. The molecule has 0 spiro atoms. The number of amides is 3. The van der Waals surface area contributed by atoms with Crippen LogP contribution >= 0.6 is 0 Å². The molecule has 0 fully saturated rings. The minimum atomic E-state index is -0.901. The standard InChI is InChI=1S/C33H43N3O4/c1-22(2)15-16-24(4)36(29(37)21-34-32(39)40-33(5,6)7)30(27-14-10-11-23(3)19-27)31(38)35-28-18-17-25-12-8-9-13-26(25)20-28/h8-14,17-20,22,24,30H,15-16,21H2,1-7H3,(H,34,39)(H,35,38). The first-order chi connectivity index (χ1) is 18.8. The van der Waals surface area contributed by atoms with Crippen molar-refractivity contribution in [1.82, 2.24) is 10.2 Å². The maximum Gasteiger partial charge on any atom is 0.408 e. The van der Waals surface area contributed by atoms with Gasteiger partial charge in [-0.25, -0.2) is 4.79 Å². The lowest BCUT2D eigenvalue weighted by molar-refractivity contribution is -0.140. The zero-order chi connectivity index (χ0) is 29.4. The van der Waals surface area contributed by atoms with Crippen LogP contribution < -0.4 is 10.6 Å². The van der Waals surface area contributed by atoms with Gasteiger partial charge in [-0.05, 0) is 81.8 Å². The Balaban J connectivity index is 1.97. The number of rotatable bonds is 10. The number of alkyl carbamates (subject to hydrolysis) is 1. The molecule has 0 aliphatic carbocycles. The molecule has 3 aromatic carbocycles. The number of hydrogen-bond donors (Lipinski definition) is 2. The first-order valence-corrected chi connectivity index (χ1v) is 14.0. The number of ether oxygens (including phenoxy) is 1. The van der Waals surface area contributed by atoms with Crippen LogP contribution in [-0.4, -0.2) is 41.0 Å². The molecule has 0 bridgehead atoms. The first-order valence-electron chi connectivity index (χ1n) is 14.0. The second-order valence-electron chi connectivity index (χ2n) is 11.8. The van der Waals surface area contributed by atoms with Crippen LogP contribution in [0.4, 0.5) is 10.5 Å². The summed E-state index contributed by atoms with van der Waals surface area (Å²) in [5.74, 6) is -0.242. The highest BCUT2D eigenvalue weighted by atomic mass is 16.6. The Bertz CT molecular complexity index is 1330. The number of benzene rings is 3. The number of nitrogens with one attached hydrogen (secondary N) is 2. The second-order valence-corrected chi connectivity index (χ2v) is 11.8. The molecule has 2 atom stereocenters. The molecule has 0 heterocycles. The smallest absolute Gasteiger partial charge is 0.408 e. The van der Waals surface area contributed by atoms with E-state index >= 15 is 0 Å². The number of fused-ring (bicyclic) bond motifs is 1. The fraction of sp³-hybridized carbons (Fsp3) is 0.424. The third-order valence-electron chi connectivity index (χ3n) is 6.61.